The van der Waals surface area contributed by atoms with Gasteiger partial charge in [0.2, 0.25) is 5.91 Å². The van der Waals surface area contributed by atoms with E-state index in [-0.39, 0.29) is 12.5 Å². The van der Waals surface area contributed by atoms with Crippen molar-refractivity contribution in [3.63, 3.8) is 0 Å². The molecule has 6 heteroatoms. The second kappa shape index (κ2) is 7.89. The first-order valence-corrected chi connectivity index (χ1v) is 6.90. The molecule has 0 aliphatic carbocycles. The first-order valence-electron chi connectivity index (χ1n) is 6.11. The van der Waals surface area contributed by atoms with Crippen molar-refractivity contribution in [2.24, 2.45) is 0 Å². The van der Waals surface area contributed by atoms with E-state index >= 15 is 0 Å². The van der Waals surface area contributed by atoms with Crippen molar-refractivity contribution in [1.29, 1.82) is 0 Å². The van der Waals surface area contributed by atoms with E-state index in [1.807, 2.05) is 18.2 Å². The summed E-state index contributed by atoms with van der Waals surface area (Å²) in [6.07, 6.45) is 0.944. The van der Waals surface area contributed by atoms with Gasteiger partial charge >= 0.3 is 5.97 Å². The van der Waals surface area contributed by atoms with E-state index in [2.05, 4.69) is 20.7 Å². The van der Waals surface area contributed by atoms with E-state index < -0.39 is 5.97 Å². The van der Waals surface area contributed by atoms with Crippen molar-refractivity contribution in [2.75, 3.05) is 27.8 Å². The van der Waals surface area contributed by atoms with Gasteiger partial charge in [0.25, 0.3) is 0 Å². The number of amides is 1. The molecule has 0 spiro atoms. The van der Waals surface area contributed by atoms with Crippen molar-refractivity contribution in [2.45, 2.75) is 12.8 Å². The van der Waals surface area contributed by atoms with Gasteiger partial charge < -0.3 is 14.4 Å². The number of esters is 1. The monoisotopic (exact) mass is 343 g/mol. The van der Waals surface area contributed by atoms with E-state index in [0.717, 1.165) is 15.8 Å². The van der Waals surface area contributed by atoms with Gasteiger partial charge in [-0.15, -0.1) is 0 Å². The molecule has 0 aliphatic rings. The smallest absolute Gasteiger partial charge is 0.325 e. The third kappa shape index (κ3) is 4.85. The fourth-order valence-corrected chi connectivity index (χ4v) is 2.24. The second-order valence-electron chi connectivity index (χ2n) is 4.29. The summed E-state index contributed by atoms with van der Waals surface area (Å²) in [7, 11) is 4.49. The summed E-state index contributed by atoms with van der Waals surface area (Å²) in [6.45, 7) is -0.0262. The predicted octanol–water partition coefficient (Wildman–Crippen LogP) is 2.02. The minimum absolute atomic E-state index is 0.0262. The first kappa shape index (κ1) is 16.5. The zero-order chi connectivity index (χ0) is 15.1. The van der Waals surface area contributed by atoms with E-state index in [9.17, 15) is 9.59 Å². The van der Waals surface area contributed by atoms with Crippen LogP contribution in [0, 0.1) is 0 Å². The minimum atomic E-state index is -0.423. The summed E-state index contributed by atoms with van der Waals surface area (Å²) in [5, 5.41) is 0. The number of hydrogen-bond acceptors (Lipinski definition) is 4. The van der Waals surface area contributed by atoms with Gasteiger partial charge in [-0.3, -0.25) is 9.59 Å². The maximum absolute atomic E-state index is 11.9. The number of likely N-dealkylation sites (N-methyl/N-ethyl adjacent to an activating group) is 1. The lowest BCUT2D eigenvalue weighted by Gasteiger charge is -2.15. The zero-order valence-electron chi connectivity index (χ0n) is 11.8. The summed E-state index contributed by atoms with van der Waals surface area (Å²) < 4.78 is 10.5. The average molecular weight is 344 g/mol. The molecule has 20 heavy (non-hydrogen) atoms. The van der Waals surface area contributed by atoms with Crippen LogP contribution in [-0.2, 0) is 20.7 Å². The molecule has 0 heterocycles. The maximum Gasteiger partial charge on any atom is 0.325 e. The van der Waals surface area contributed by atoms with Gasteiger partial charge in [-0.2, -0.15) is 0 Å². The highest BCUT2D eigenvalue weighted by Gasteiger charge is 2.13. The van der Waals surface area contributed by atoms with Crippen molar-refractivity contribution in [1.82, 2.24) is 4.90 Å². The molecule has 1 aromatic carbocycles. The molecule has 5 nitrogen and oxygen atoms in total. The maximum atomic E-state index is 11.9. The number of carbonyl (C=O) groups is 2. The summed E-state index contributed by atoms with van der Waals surface area (Å²) in [5.41, 5.74) is 1.03. The number of methoxy groups -OCH3 is 2. The molecule has 0 saturated heterocycles. The SMILES string of the molecule is COC(=O)CN(C)C(=O)CCc1ccc(OC)c(Br)c1. The number of rotatable bonds is 6. The Morgan fingerprint density at radius 3 is 2.55 bits per heavy atom. The number of hydrogen-bond donors (Lipinski definition) is 0. The number of ether oxygens (including phenoxy) is 2. The standard InChI is InChI=1S/C14H18BrNO4/c1-16(9-14(18)20-3)13(17)7-5-10-4-6-12(19-2)11(15)8-10/h4,6,8H,5,7,9H2,1-3H3. The van der Waals surface area contributed by atoms with Crippen molar-refractivity contribution < 1.29 is 19.1 Å². The van der Waals surface area contributed by atoms with Gasteiger partial charge in [0.1, 0.15) is 12.3 Å². The highest BCUT2D eigenvalue weighted by atomic mass is 79.9. The summed E-state index contributed by atoms with van der Waals surface area (Å²) in [6, 6.07) is 5.69. The molecule has 1 amide bonds. The molecule has 0 N–H and O–H groups in total. The molecule has 0 saturated carbocycles. The topological polar surface area (TPSA) is 55.8 Å². The first-order chi connectivity index (χ1) is 9.47. The van der Waals surface area contributed by atoms with Crippen LogP contribution in [0.15, 0.2) is 22.7 Å². The number of nitrogens with zero attached hydrogens (tertiary/aromatic N) is 1. The van der Waals surface area contributed by atoms with E-state index in [1.165, 1.54) is 12.0 Å². The van der Waals surface area contributed by atoms with Crippen LogP contribution in [0.5, 0.6) is 5.75 Å². The summed E-state index contributed by atoms with van der Waals surface area (Å²) in [5.74, 6) is 0.235. The highest BCUT2D eigenvalue weighted by Crippen LogP contribution is 2.25. The van der Waals surface area contributed by atoms with Crippen molar-refractivity contribution in [3.05, 3.63) is 28.2 Å². The third-order valence-corrected chi connectivity index (χ3v) is 3.48. The molecule has 1 rings (SSSR count). The van der Waals surface area contributed by atoms with Gasteiger partial charge in [-0.1, -0.05) is 6.07 Å². The summed E-state index contributed by atoms with van der Waals surface area (Å²) >= 11 is 3.40. The molecule has 0 fully saturated rings. The van der Waals surface area contributed by atoms with Gasteiger partial charge in [-0.25, -0.2) is 0 Å². The molecule has 0 aliphatic heterocycles. The van der Waals surface area contributed by atoms with Gasteiger partial charge in [0.15, 0.2) is 0 Å². The molecule has 0 radical (unpaired) electrons. The van der Waals surface area contributed by atoms with Crippen LogP contribution in [0.2, 0.25) is 0 Å². The van der Waals surface area contributed by atoms with Crippen LogP contribution in [0.25, 0.3) is 0 Å². The van der Waals surface area contributed by atoms with Crippen molar-refractivity contribution >= 4 is 27.8 Å². The fourth-order valence-electron chi connectivity index (χ4n) is 1.65. The largest absolute Gasteiger partial charge is 0.496 e. The van der Waals surface area contributed by atoms with Gasteiger partial charge in [0.05, 0.1) is 18.7 Å². The van der Waals surface area contributed by atoms with E-state index in [4.69, 9.17) is 4.74 Å². The van der Waals surface area contributed by atoms with Crippen LogP contribution in [0.4, 0.5) is 0 Å². The van der Waals surface area contributed by atoms with Gasteiger partial charge in [0, 0.05) is 13.5 Å². The molecule has 0 unspecified atom stereocenters. The number of aryl methyl sites for hydroxylation is 1. The Morgan fingerprint density at radius 2 is 2.00 bits per heavy atom. The Labute approximate surface area is 127 Å². The normalized spacial score (nSPS) is 10.0. The van der Waals surface area contributed by atoms with E-state index in [1.54, 1.807) is 14.2 Å². The molecule has 0 aromatic heterocycles. The Balaban J connectivity index is 2.52. The van der Waals surface area contributed by atoms with Crippen LogP contribution in [0.1, 0.15) is 12.0 Å². The lowest BCUT2D eigenvalue weighted by molar-refractivity contribution is -0.146. The van der Waals surface area contributed by atoms with Crippen LogP contribution in [-0.4, -0.2) is 44.6 Å². The lowest BCUT2D eigenvalue weighted by Crippen LogP contribution is -2.32. The third-order valence-electron chi connectivity index (χ3n) is 2.86. The Bertz CT molecular complexity index is 490. The van der Waals surface area contributed by atoms with Crippen LogP contribution >= 0.6 is 15.9 Å². The average Bonchev–Trinajstić information content (AvgIpc) is 2.44. The minimum Gasteiger partial charge on any atom is -0.496 e. The Hall–Kier alpha value is -1.56. The number of halogens is 1. The molecule has 0 atom stereocenters. The Kier molecular flexibility index (Phi) is 6.51. The zero-order valence-corrected chi connectivity index (χ0v) is 13.4. The summed E-state index contributed by atoms with van der Waals surface area (Å²) in [4.78, 5) is 24.3. The number of benzene rings is 1. The second-order valence-corrected chi connectivity index (χ2v) is 5.15. The van der Waals surface area contributed by atoms with Crippen molar-refractivity contribution in [3.8, 4) is 5.75 Å². The molecule has 1 aromatic rings. The molecule has 110 valence electrons. The lowest BCUT2D eigenvalue weighted by atomic mass is 10.1. The molecular formula is C14H18BrNO4. The number of carbonyl (C=O) groups excluding carboxylic acids is 2. The van der Waals surface area contributed by atoms with Crippen LogP contribution in [0.3, 0.4) is 0 Å². The Morgan fingerprint density at radius 1 is 1.30 bits per heavy atom. The van der Waals surface area contributed by atoms with E-state index in [0.29, 0.717) is 12.8 Å². The van der Waals surface area contributed by atoms with Crippen LogP contribution < -0.4 is 4.74 Å². The predicted molar refractivity (Wildman–Crippen MR) is 78.7 cm³/mol. The molecular weight excluding hydrogens is 326 g/mol. The quantitative estimate of drug-likeness (QED) is 0.741. The highest BCUT2D eigenvalue weighted by molar-refractivity contribution is 9.10. The molecule has 0 bridgehead atoms. The van der Waals surface area contributed by atoms with Gasteiger partial charge in [-0.05, 0) is 40.0 Å². The fraction of sp³-hybridized carbons (Fsp3) is 0.429.